The first-order valence-electron chi connectivity index (χ1n) is 20.0. The molecule has 5 bridgehead atoms. The Morgan fingerprint density at radius 3 is 2.27 bits per heavy atom. The molecule has 4 heterocycles. The van der Waals surface area contributed by atoms with Crippen LogP contribution in [0.3, 0.4) is 0 Å². The minimum absolute atomic E-state index is 0.0279. The number of amides is 1. The number of anilines is 1. The highest BCUT2D eigenvalue weighted by molar-refractivity contribution is 6.23. The number of hydrogen-bond donors (Lipinski definition) is 6. The number of allylic oxidation sites excluding steroid dienone is 2. The second kappa shape index (κ2) is 17.8. The summed E-state index contributed by atoms with van der Waals surface area (Å²) in [6.45, 7) is 13.4. The molecule has 1 amide bonds. The maximum atomic E-state index is 14.4. The number of ketones is 1. The van der Waals surface area contributed by atoms with Crippen LogP contribution < -0.4 is 10.1 Å². The van der Waals surface area contributed by atoms with Crippen LogP contribution in [0.25, 0.3) is 10.8 Å². The predicted molar refractivity (Wildman–Crippen MR) is 222 cm³/mol. The zero-order chi connectivity index (χ0) is 44.6. The molecule has 6 N–H and O–H groups in total. The van der Waals surface area contributed by atoms with Gasteiger partial charge >= 0.3 is 11.8 Å². The lowest BCUT2D eigenvalue weighted by atomic mass is 9.78. The number of likely N-dealkylation sites (N-methyl/N-ethyl adjacent to an activating group) is 1. The van der Waals surface area contributed by atoms with Crippen LogP contribution in [0.15, 0.2) is 41.2 Å². The number of fused-ring (bicyclic) bond motifs is 14. The summed E-state index contributed by atoms with van der Waals surface area (Å²) in [6, 6.07) is 0. The van der Waals surface area contributed by atoms with Gasteiger partial charge < -0.3 is 59.7 Å². The number of ether oxygens (including phenoxy) is 4. The van der Waals surface area contributed by atoms with Gasteiger partial charge in [0.1, 0.15) is 23.4 Å². The molecule has 4 aliphatic rings. The number of nitrogens with one attached hydrogen (secondary N) is 1. The van der Waals surface area contributed by atoms with E-state index in [2.05, 4.69) is 10.4 Å². The fraction of sp³-hybridized carbons (Fsp3) is 0.535. The number of hydrazone groups is 1. The van der Waals surface area contributed by atoms with Gasteiger partial charge in [0.25, 0.3) is 11.7 Å². The summed E-state index contributed by atoms with van der Waals surface area (Å²) in [5.41, 5.74) is -0.581. The fourth-order valence-corrected chi connectivity index (χ4v) is 8.00. The van der Waals surface area contributed by atoms with Crippen LogP contribution in [0, 0.1) is 35.8 Å². The van der Waals surface area contributed by atoms with Crippen LogP contribution in [-0.2, 0) is 23.8 Å². The highest BCUT2D eigenvalue weighted by atomic mass is 16.7. The zero-order valence-corrected chi connectivity index (χ0v) is 35.8. The second-order valence-electron chi connectivity index (χ2n) is 16.6. The molecule has 1 fully saturated rings. The maximum absolute atomic E-state index is 14.4. The summed E-state index contributed by atoms with van der Waals surface area (Å²) in [6.07, 6.45) is 4.60. The Morgan fingerprint density at radius 1 is 1.00 bits per heavy atom. The normalized spacial score (nSPS) is 30.4. The largest absolute Gasteiger partial charge is 0.633 e. The smallest absolute Gasteiger partial charge is 0.312 e. The zero-order valence-electron chi connectivity index (χ0n) is 35.8. The predicted octanol–water partition coefficient (Wildman–Crippen LogP) is 4.35. The highest BCUT2D eigenvalue weighted by Gasteiger charge is 2.50. The summed E-state index contributed by atoms with van der Waals surface area (Å²) in [5.74, 6) is -8.69. The third-order valence-corrected chi connectivity index (χ3v) is 12.0. The van der Waals surface area contributed by atoms with Crippen molar-refractivity contribution in [2.75, 3.05) is 45.7 Å². The van der Waals surface area contributed by atoms with Crippen LogP contribution in [-0.4, -0.2) is 130 Å². The molecule has 0 aromatic heterocycles. The molecule has 0 saturated carbocycles. The van der Waals surface area contributed by atoms with Gasteiger partial charge in [0.15, 0.2) is 5.75 Å². The van der Waals surface area contributed by atoms with E-state index in [9.17, 15) is 45.1 Å². The third kappa shape index (κ3) is 8.95. The lowest BCUT2D eigenvalue weighted by Gasteiger charge is -2.44. The van der Waals surface area contributed by atoms with Gasteiger partial charge in [0, 0.05) is 61.2 Å². The molecule has 0 spiro atoms. The highest BCUT2D eigenvalue weighted by Crippen LogP contribution is 2.55. The van der Waals surface area contributed by atoms with Gasteiger partial charge in [-0.05, 0) is 19.9 Å². The number of aliphatic hydroxyl groups excluding tert-OH is 2. The summed E-state index contributed by atoms with van der Waals surface area (Å²) >= 11 is 0. The number of hydroxylamine groups is 3. The van der Waals surface area contributed by atoms with E-state index in [1.165, 1.54) is 59.4 Å². The van der Waals surface area contributed by atoms with E-state index in [-0.39, 0.29) is 70.7 Å². The Labute approximate surface area is 349 Å². The van der Waals surface area contributed by atoms with Crippen LogP contribution in [0.1, 0.15) is 70.0 Å². The molecule has 0 unspecified atom stereocenters. The number of benzene rings is 2. The van der Waals surface area contributed by atoms with Crippen molar-refractivity contribution in [1.82, 2.24) is 5.01 Å². The van der Waals surface area contributed by atoms with Gasteiger partial charge in [-0.3, -0.25) is 19.4 Å². The number of aromatic hydroxyl groups is 3. The van der Waals surface area contributed by atoms with Crippen molar-refractivity contribution < 1.29 is 63.5 Å². The number of Topliss-reactive ketones (excluding diaryl/α,β-unsaturated/α-hetero) is 1. The van der Waals surface area contributed by atoms with E-state index in [4.69, 9.17) is 18.9 Å². The topological polar surface area (TPSA) is 240 Å². The number of nitrogens with zero attached hydrogens (tertiary/aromatic N) is 3. The molecular formula is C43H58N4O13. The van der Waals surface area contributed by atoms with Crippen molar-refractivity contribution >= 4 is 40.3 Å². The van der Waals surface area contributed by atoms with E-state index in [1.807, 2.05) is 0 Å². The summed E-state index contributed by atoms with van der Waals surface area (Å²) in [5, 5.41) is 78.9. The first kappa shape index (κ1) is 45.9. The Kier molecular flexibility index (Phi) is 13.6. The Bertz CT molecular complexity index is 2120. The number of carbonyl (C=O) groups is 3. The number of quaternary nitrogens is 1. The van der Waals surface area contributed by atoms with E-state index < -0.39 is 93.4 Å². The average molecular weight is 839 g/mol. The maximum Gasteiger partial charge on any atom is 0.312 e. The molecule has 9 atom stereocenters. The number of phenolic OH excluding ortho intramolecular Hbond substituents is 3. The summed E-state index contributed by atoms with van der Waals surface area (Å²) in [7, 11) is 2.98. The molecular weight excluding hydrogens is 780 g/mol. The molecule has 2 aromatic carbocycles. The molecule has 17 nitrogen and oxygen atoms in total. The monoisotopic (exact) mass is 838 g/mol. The van der Waals surface area contributed by atoms with Crippen molar-refractivity contribution in [3.63, 3.8) is 0 Å². The number of aliphatic hydroxyl groups is 2. The van der Waals surface area contributed by atoms with Gasteiger partial charge in [-0.1, -0.05) is 45.9 Å². The van der Waals surface area contributed by atoms with E-state index >= 15 is 0 Å². The molecule has 0 radical (unpaired) electrons. The standard InChI is InChI=1S/C43H58N4O13/c1-21-12-11-13-22(2)42(55)45-33-28(20-44-46-15-17-47(9,56)18-16-46)37(52)30-31(38(33)53)36(51)26(6)40-32(30)41(54)43(8,60-40)58-19-14-29(57-10)23(3)39(59-27(7)48)25(5)35(50)24(4)34(21)49/h11-14,19-21,23-25,29,34-35,39,49-53H,15-18H2,1-10H3,(H,45,55)/b12-11?,19-14?,22-13?,44-20+/t21-,23+,24+,25+,29-,34-,35+,39+,43-/m0/s1. The molecule has 1 saturated heterocycles. The summed E-state index contributed by atoms with van der Waals surface area (Å²) in [4.78, 5) is 40.5. The molecule has 328 valence electrons. The van der Waals surface area contributed by atoms with Crippen molar-refractivity contribution in [3.8, 4) is 23.0 Å². The number of piperazine rings is 1. The molecule has 2 aromatic rings. The van der Waals surface area contributed by atoms with Gasteiger partial charge in [-0.15, -0.1) is 0 Å². The first-order chi connectivity index (χ1) is 28.0. The number of carbonyl (C=O) groups excluding carboxylic acids is 3. The van der Waals surface area contributed by atoms with Crippen molar-refractivity contribution in [3.05, 3.63) is 58.0 Å². The molecule has 0 aliphatic carbocycles. The van der Waals surface area contributed by atoms with Crippen molar-refractivity contribution in [2.45, 2.75) is 85.6 Å². The Hall–Kier alpha value is -5.20. The number of rotatable bonds is 4. The van der Waals surface area contributed by atoms with E-state index in [0.717, 1.165) is 0 Å². The minimum Gasteiger partial charge on any atom is -0.633 e. The Morgan fingerprint density at radius 2 is 1.65 bits per heavy atom. The third-order valence-electron chi connectivity index (χ3n) is 12.0. The van der Waals surface area contributed by atoms with Crippen molar-refractivity contribution in [2.24, 2.45) is 28.8 Å². The molecule has 6 rings (SSSR count). The van der Waals surface area contributed by atoms with Gasteiger partial charge in [-0.25, -0.2) is 0 Å². The lowest BCUT2D eigenvalue weighted by Crippen LogP contribution is -2.52. The number of phenols is 3. The fourth-order valence-electron chi connectivity index (χ4n) is 8.00. The van der Waals surface area contributed by atoms with Gasteiger partial charge in [0.2, 0.25) is 0 Å². The Balaban J connectivity index is 1.70. The van der Waals surface area contributed by atoms with Crippen LogP contribution >= 0.6 is 0 Å². The SMILES string of the molecule is CO[C@H]1C=CO[C@@]2(C)Oc3c(C)c(O)c4c(O)c(c(/C=N/N5CC[N+](C)([O-])CC5)c(O)c4c3C2=O)NC(=O)C(C)=CC=C[C@H](C)[C@H](O)[C@@H](C)[C@@H](O)[C@@H](C)[C@H](OC(C)=O)[C@@H]1C. The number of esters is 1. The number of methoxy groups -OCH3 is 1. The first-order valence-corrected chi connectivity index (χ1v) is 20.0. The minimum atomic E-state index is -2.07. The van der Waals surface area contributed by atoms with Gasteiger partial charge in [-0.2, -0.15) is 5.10 Å². The summed E-state index contributed by atoms with van der Waals surface area (Å²) < 4.78 is 23.1. The van der Waals surface area contributed by atoms with Crippen LogP contribution in [0.4, 0.5) is 5.69 Å². The van der Waals surface area contributed by atoms with Crippen LogP contribution in [0.2, 0.25) is 0 Å². The van der Waals surface area contributed by atoms with Crippen LogP contribution in [0.5, 0.6) is 23.0 Å². The second-order valence-corrected chi connectivity index (χ2v) is 16.6. The van der Waals surface area contributed by atoms with Gasteiger partial charge in [0.05, 0.1) is 86.2 Å². The van der Waals surface area contributed by atoms with Crippen molar-refractivity contribution in [1.29, 1.82) is 0 Å². The quantitative estimate of drug-likeness (QED) is 0.0627. The lowest BCUT2D eigenvalue weighted by molar-refractivity contribution is -0.865. The average Bonchev–Trinajstić information content (AvgIpc) is 3.46. The molecule has 17 heteroatoms. The van der Waals surface area contributed by atoms with E-state index in [0.29, 0.717) is 0 Å². The van der Waals surface area contributed by atoms with E-state index in [1.54, 1.807) is 51.9 Å². The molecule has 4 aliphatic heterocycles. The molecule has 60 heavy (non-hydrogen) atoms. The number of hydrogen-bond acceptors (Lipinski definition) is 15.